The van der Waals surface area contributed by atoms with Crippen LogP contribution in [-0.2, 0) is 9.59 Å². The van der Waals surface area contributed by atoms with Crippen molar-refractivity contribution in [1.29, 1.82) is 0 Å². The molecule has 0 radical (unpaired) electrons. The molecule has 6 nitrogen and oxygen atoms in total. The summed E-state index contributed by atoms with van der Waals surface area (Å²) in [5.74, 6) is -0.346. The molecule has 1 aliphatic rings. The predicted octanol–water partition coefficient (Wildman–Crippen LogP) is 3.63. The Balaban J connectivity index is 1.71. The van der Waals surface area contributed by atoms with E-state index in [0.717, 1.165) is 11.3 Å². The Morgan fingerprint density at radius 3 is 2.30 bits per heavy atom. The Kier molecular flexibility index (Phi) is 5.20. The smallest absolute Gasteiger partial charge is 0.270 e. The molecule has 0 atom stereocenters. The molecule has 2 heterocycles. The summed E-state index contributed by atoms with van der Waals surface area (Å²) < 4.78 is 7.08. The van der Waals surface area contributed by atoms with E-state index in [1.807, 2.05) is 54.1 Å². The normalized spacial score (nSPS) is 15.5. The van der Waals surface area contributed by atoms with Crippen LogP contribution < -0.4 is 15.0 Å². The van der Waals surface area contributed by atoms with Crippen LogP contribution in [0.25, 0.3) is 11.8 Å². The van der Waals surface area contributed by atoms with Gasteiger partial charge in [-0.15, -0.1) is 0 Å². The molecular formula is C23H19N3O3S. The summed E-state index contributed by atoms with van der Waals surface area (Å²) in [5, 5.41) is 2.65. The van der Waals surface area contributed by atoms with E-state index in [2.05, 4.69) is 5.32 Å². The lowest BCUT2D eigenvalue weighted by Gasteiger charge is -2.29. The van der Waals surface area contributed by atoms with Crippen LogP contribution in [0.4, 0.5) is 5.69 Å². The van der Waals surface area contributed by atoms with E-state index in [4.69, 9.17) is 17.0 Å². The van der Waals surface area contributed by atoms with Crippen LogP contribution in [0.1, 0.15) is 11.3 Å². The van der Waals surface area contributed by atoms with Gasteiger partial charge >= 0.3 is 0 Å². The second kappa shape index (κ2) is 7.96. The number of methoxy groups -OCH3 is 1. The molecule has 0 spiro atoms. The van der Waals surface area contributed by atoms with Gasteiger partial charge < -0.3 is 9.30 Å². The Bertz CT molecular complexity index is 1160. The van der Waals surface area contributed by atoms with Gasteiger partial charge in [0.2, 0.25) is 0 Å². The van der Waals surface area contributed by atoms with Crippen LogP contribution in [0.15, 0.2) is 72.4 Å². The number of ether oxygens (including phenoxy) is 1. The SMILES string of the molecule is COc1ccc(N2C(=O)/C(=C/c3cccn3-c3ccc(C)cc3)C(=O)NC2=S)cc1. The lowest BCUT2D eigenvalue weighted by Crippen LogP contribution is -2.54. The third-order valence-corrected chi connectivity index (χ3v) is 5.10. The highest BCUT2D eigenvalue weighted by molar-refractivity contribution is 7.80. The maximum absolute atomic E-state index is 13.2. The molecule has 0 bridgehead atoms. The first-order valence-electron chi connectivity index (χ1n) is 9.28. The van der Waals surface area contributed by atoms with Gasteiger partial charge in [0.15, 0.2) is 5.11 Å². The number of nitrogens with one attached hydrogen (secondary N) is 1. The molecular weight excluding hydrogens is 398 g/mol. The number of hydrogen-bond acceptors (Lipinski definition) is 4. The zero-order chi connectivity index (χ0) is 21.3. The standard InChI is InChI=1S/C23H19N3O3S/c1-15-5-7-16(8-6-15)25-13-3-4-18(25)14-20-21(27)24-23(30)26(22(20)28)17-9-11-19(29-2)12-10-17/h3-14H,1-2H3,(H,24,27,30)/b20-14+. The molecule has 30 heavy (non-hydrogen) atoms. The molecule has 1 saturated heterocycles. The summed E-state index contributed by atoms with van der Waals surface area (Å²) in [6.45, 7) is 2.02. The molecule has 2 amide bonds. The van der Waals surface area contributed by atoms with Crippen molar-refractivity contribution in [1.82, 2.24) is 9.88 Å². The van der Waals surface area contributed by atoms with E-state index in [-0.39, 0.29) is 10.7 Å². The van der Waals surface area contributed by atoms with Crippen molar-refractivity contribution in [3.8, 4) is 11.4 Å². The molecule has 150 valence electrons. The van der Waals surface area contributed by atoms with E-state index in [1.54, 1.807) is 37.5 Å². The summed E-state index contributed by atoms with van der Waals surface area (Å²) >= 11 is 5.25. The summed E-state index contributed by atoms with van der Waals surface area (Å²) in [5.41, 5.74) is 3.34. The van der Waals surface area contributed by atoms with Crippen LogP contribution in [0.5, 0.6) is 5.75 Å². The Labute approximate surface area is 179 Å². The average Bonchev–Trinajstić information content (AvgIpc) is 3.20. The molecule has 1 N–H and O–H groups in total. The molecule has 1 fully saturated rings. The number of aryl methyl sites for hydroxylation is 1. The summed E-state index contributed by atoms with van der Waals surface area (Å²) in [6.07, 6.45) is 3.46. The van der Waals surface area contributed by atoms with Crippen LogP contribution >= 0.6 is 12.2 Å². The van der Waals surface area contributed by atoms with Crippen molar-refractivity contribution in [2.45, 2.75) is 6.92 Å². The lowest BCUT2D eigenvalue weighted by molar-refractivity contribution is -0.122. The number of benzene rings is 2. The highest BCUT2D eigenvalue weighted by Gasteiger charge is 2.34. The van der Waals surface area contributed by atoms with Gasteiger partial charge in [-0.05, 0) is 73.7 Å². The van der Waals surface area contributed by atoms with E-state index >= 15 is 0 Å². The molecule has 0 aliphatic carbocycles. The highest BCUT2D eigenvalue weighted by Crippen LogP contribution is 2.25. The fourth-order valence-electron chi connectivity index (χ4n) is 3.22. The fraction of sp³-hybridized carbons (Fsp3) is 0.0870. The zero-order valence-electron chi connectivity index (χ0n) is 16.5. The van der Waals surface area contributed by atoms with Gasteiger partial charge in [0.05, 0.1) is 12.8 Å². The Hall–Kier alpha value is -3.71. The summed E-state index contributed by atoms with van der Waals surface area (Å²) in [6, 6.07) is 18.6. The Morgan fingerprint density at radius 1 is 0.967 bits per heavy atom. The van der Waals surface area contributed by atoms with Crippen LogP contribution in [0.3, 0.4) is 0 Å². The van der Waals surface area contributed by atoms with Crippen molar-refractivity contribution in [3.63, 3.8) is 0 Å². The largest absolute Gasteiger partial charge is 0.497 e. The van der Waals surface area contributed by atoms with Crippen LogP contribution in [-0.4, -0.2) is 28.6 Å². The minimum absolute atomic E-state index is 0.00600. The maximum atomic E-state index is 13.2. The molecule has 4 rings (SSSR count). The molecule has 0 saturated carbocycles. The number of thiocarbonyl (C=S) groups is 1. The minimum Gasteiger partial charge on any atom is -0.497 e. The number of hydrogen-bond donors (Lipinski definition) is 1. The van der Waals surface area contributed by atoms with Crippen LogP contribution in [0, 0.1) is 6.92 Å². The molecule has 2 aromatic carbocycles. The van der Waals surface area contributed by atoms with Crippen molar-refractivity contribution in [2.75, 3.05) is 12.0 Å². The van der Waals surface area contributed by atoms with E-state index < -0.39 is 11.8 Å². The number of aromatic nitrogens is 1. The third-order valence-electron chi connectivity index (χ3n) is 4.82. The van der Waals surface area contributed by atoms with Gasteiger partial charge in [-0.1, -0.05) is 17.7 Å². The molecule has 1 aliphatic heterocycles. The van der Waals surface area contributed by atoms with Crippen molar-refractivity contribution in [3.05, 3.63) is 83.7 Å². The van der Waals surface area contributed by atoms with Crippen molar-refractivity contribution >= 4 is 40.9 Å². The van der Waals surface area contributed by atoms with Crippen molar-refractivity contribution in [2.24, 2.45) is 0 Å². The van der Waals surface area contributed by atoms with Crippen molar-refractivity contribution < 1.29 is 14.3 Å². The monoisotopic (exact) mass is 417 g/mol. The Morgan fingerprint density at radius 2 is 1.63 bits per heavy atom. The molecule has 3 aromatic rings. The van der Waals surface area contributed by atoms with E-state index in [9.17, 15) is 9.59 Å². The molecule has 1 aromatic heterocycles. The summed E-state index contributed by atoms with van der Waals surface area (Å²) in [4.78, 5) is 27.1. The summed E-state index contributed by atoms with van der Waals surface area (Å²) in [7, 11) is 1.57. The first-order valence-corrected chi connectivity index (χ1v) is 9.68. The average molecular weight is 417 g/mol. The highest BCUT2D eigenvalue weighted by atomic mass is 32.1. The third kappa shape index (κ3) is 3.62. The number of anilines is 1. The quantitative estimate of drug-likeness (QED) is 0.400. The maximum Gasteiger partial charge on any atom is 0.270 e. The van der Waals surface area contributed by atoms with Gasteiger partial charge in [0.1, 0.15) is 11.3 Å². The number of amides is 2. The molecule has 0 unspecified atom stereocenters. The first kappa shape index (κ1) is 19.6. The van der Waals surface area contributed by atoms with Crippen LogP contribution in [0.2, 0.25) is 0 Å². The molecule has 7 heteroatoms. The van der Waals surface area contributed by atoms with E-state index in [1.165, 1.54) is 4.90 Å². The van der Waals surface area contributed by atoms with Gasteiger partial charge in [-0.25, -0.2) is 0 Å². The fourth-order valence-corrected chi connectivity index (χ4v) is 3.50. The number of carbonyl (C=O) groups excluding carboxylic acids is 2. The van der Waals surface area contributed by atoms with E-state index in [0.29, 0.717) is 17.1 Å². The number of carbonyl (C=O) groups is 2. The van der Waals surface area contributed by atoms with Gasteiger partial charge in [-0.3, -0.25) is 19.8 Å². The predicted molar refractivity (Wildman–Crippen MR) is 120 cm³/mol. The zero-order valence-corrected chi connectivity index (χ0v) is 17.3. The lowest BCUT2D eigenvalue weighted by atomic mass is 10.1. The number of nitrogens with zero attached hydrogens (tertiary/aromatic N) is 2. The van der Waals surface area contributed by atoms with Gasteiger partial charge in [0.25, 0.3) is 11.8 Å². The second-order valence-electron chi connectivity index (χ2n) is 6.79. The minimum atomic E-state index is -0.522. The van der Waals surface area contributed by atoms with Gasteiger partial charge in [-0.2, -0.15) is 0 Å². The van der Waals surface area contributed by atoms with Gasteiger partial charge in [0, 0.05) is 17.6 Å². The number of rotatable bonds is 4. The second-order valence-corrected chi connectivity index (χ2v) is 7.18. The first-order chi connectivity index (χ1) is 14.5. The topological polar surface area (TPSA) is 63.6 Å².